The molecule has 13 heavy (non-hydrogen) atoms. The van der Waals surface area contributed by atoms with Crippen LogP contribution in [0.2, 0.25) is 5.02 Å². The normalized spacial score (nSPS) is 18.7. The lowest BCUT2D eigenvalue weighted by Gasteiger charge is -2.12. The highest BCUT2D eigenvalue weighted by molar-refractivity contribution is 6.33. The van der Waals surface area contributed by atoms with Crippen LogP contribution in [0.5, 0.6) is 5.75 Å². The zero-order valence-corrected chi connectivity index (χ0v) is 8.10. The van der Waals surface area contributed by atoms with Gasteiger partial charge in [-0.05, 0) is 31.4 Å². The molecule has 1 fully saturated rings. The summed E-state index contributed by atoms with van der Waals surface area (Å²) in [5.74, 6) is 0.0528. The summed E-state index contributed by atoms with van der Waals surface area (Å²) in [5.41, 5.74) is 0.796. The topological polar surface area (TPSA) is 40.5 Å². The van der Waals surface area contributed by atoms with Crippen molar-refractivity contribution in [1.29, 1.82) is 0 Å². The van der Waals surface area contributed by atoms with Crippen LogP contribution in [0.1, 0.15) is 24.0 Å². The molecule has 2 N–H and O–H groups in total. The Labute approximate surface area is 81.8 Å². The third-order valence-electron chi connectivity index (χ3n) is 2.42. The molecule has 0 bridgehead atoms. The Balaban J connectivity index is 2.56. The van der Waals surface area contributed by atoms with Gasteiger partial charge in [0.05, 0.1) is 10.6 Å². The van der Waals surface area contributed by atoms with E-state index in [1.165, 1.54) is 0 Å². The second-order valence-electron chi connectivity index (χ2n) is 3.68. The lowest BCUT2D eigenvalue weighted by molar-refractivity contribution is 0.151. The number of phenols is 1. The second-order valence-corrected chi connectivity index (χ2v) is 4.06. The van der Waals surface area contributed by atoms with Crippen LogP contribution in [-0.4, -0.2) is 10.2 Å². The van der Waals surface area contributed by atoms with Crippen LogP contribution in [-0.2, 0) is 5.60 Å². The summed E-state index contributed by atoms with van der Waals surface area (Å²) >= 11 is 5.88. The van der Waals surface area contributed by atoms with E-state index in [-0.39, 0.29) is 10.8 Å². The fourth-order valence-electron chi connectivity index (χ4n) is 1.48. The van der Waals surface area contributed by atoms with Crippen LogP contribution in [0.15, 0.2) is 12.1 Å². The number of benzene rings is 1. The molecule has 0 heterocycles. The summed E-state index contributed by atoms with van der Waals surface area (Å²) in [6.45, 7) is 1.87. The minimum absolute atomic E-state index is 0.0528. The van der Waals surface area contributed by atoms with E-state index in [1.54, 1.807) is 6.07 Å². The molecule has 1 saturated carbocycles. The summed E-state index contributed by atoms with van der Waals surface area (Å²) < 4.78 is 0. The number of aliphatic hydroxyl groups is 1. The molecule has 0 spiro atoms. The SMILES string of the molecule is Cc1cc(O)c(Cl)c(C2(O)CC2)c1. The first kappa shape index (κ1) is 8.85. The van der Waals surface area contributed by atoms with Crippen molar-refractivity contribution in [2.75, 3.05) is 0 Å². The van der Waals surface area contributed by atoms with Crippen molar-refractivity contribution >= 4 is 11.6 Å². The van der Waals surface area contributed by atoms with Gasteiger partial charge in [-0.25, -0.2) is 0 Å². The average molecular weight is 199 g/mol. The number of phenolic OH excluding ortho intramolecular Hbond substituents is 1. The van der Waals surface area contributed by atoms with Crippen molar-refractivity contribution < 1.29 is 10.2 Å². The fourth-order valence-corrected chi connectivity index (χ4v) is 1.76. The van der Waals surface area contributed by atoms with Crippen molar-refractivity contribution in [1.82, 2.24) is 0 Å². The molecule has 1 aromatic carbocycles. The molecule has 2 nitrogen and oxygen atoms in total. The monoisotopic (exact) mass is 198 g/mol. The molecule has 3 heteroatoms. The van der Waals surface area contributed by atoms with Crippen molar-refractivity contribution in [3.8, 4) is 5.75 Å². The molecule has 70 valence electrons. The van der Waals surface area contributed by atoms with Crippen LogP contribution in [0.3, 0.4) is 0 Å². The summed E-state index contributed by atoms with van der Waals surface area (Å²) in [7, 11) is 0. The highest BCUT2D eigenvalue weighted by Gasteiger charge is 2.44. The first-order chi connectivity index (χ1) is 6.03. The van der Waals surface area contributed by atoms with Crippen molar-refractivity contribution in [3.63, 3.8) is 0 Å². The quantitative estimate of drug-likeness (QED) is 0.727. The number of halogens is 1. The van der Waals surface area contributed by atoms with Crippen molar-refractivity contribution in [2.45, 2.75) is 25.4 Å². The minimum Gasteiger partial charge on any atom is -0.506 e. The van der Waals surface area contributed by atoms with E-state index in [4.69, 9.17) is 11.6 Å². The molecule has 2 rings (SSSR count). The average Bonchev–Trinajstić information content (AvgIpc) is 2.77. The van der Waals surface area contributed by atoms with Crippen molar-refractivity contribution in [3.05, 3.63) is 28.3 Å². The van der Waals surface area contributed by atoms with Gasteiger partial charge in [-0.15, -0.1) is 0 Å². The first-order valence-electron chi connectivity index (χ1n) is 4.25. The Morgan fingerprint density at radius 2 is 2.00 bits per heavy atom. The molecule has 0 atom stereocenters. The van der Waals surface area contributed by atoms with Gasteiger partial charge < -0.3 is 10.2 Å². The molecule has 0 unspecified atom stereocenters. The maximum atomic E-state index is 9.83. The first-order valence-corrected chi connectivity index (χ1v) is 4.63. The van der Waals surface area contributed by atoms with E-state index in [1.807, 2.05) is 13.0 Å². The standard InChI is InChI=1S/C10H11ClO2/c1-6-4-7(10(13)2-3-10)9(11)8(12)5-6/h4-5,12-13H,2-3H2,1H3. The van der Waals surface area contributed by atoms with Crippen LogP contribution < -0.4 is 0 Å². The van der Waals surface area contributed by atoms with E-state index in [0.717, 1.165) is 18.4 Å². The van der Waals surface area contributed by atoms with Gasteiger partial charge in [0, 0.05) is 5.56 Å². The summed E-state index contributed by atoms with van der Waals surface area (Å²) in [4.78, 5) is 0. The van der Waals surface area contributed by atoms with Crippen LogP contribution in [0.25, 0.3) is 0 Å². The summed E-state index contributed by atoms with van der Waals surface area (Å²) in [6.07, 6.45) is 1.46. The molecule has 0 radical (unpaired) electrons. The van der Waals surface area contributed by atoms with Gasteiger partial charge in [0.15, 0.2) is 0 Å². The molecular weight excluding hydrogens is 188 g/mol. The lowest BCUT2D eigenvalue weighted by atomic mass is 10.0. The fraction of sp³-hybridized carbons (Fsp3) is 0.400. The van der Waals surface area contributed by atoms with Crippen LogP contribution in [0.4, 0.5) is 0 Å². The predicted octanol–water partition coefficient (Wildman–Crippen LogP) is 2.34. The Bertz CT molecular complexity index is 356. The molecule has 0 saturated heterocycles. The van der Waals surface area contributed by atoms with Gasteiger partial charge in [0.1, 0.15) is 5.75 Å². The molecule has 1 aromatic rings. The molecule has 0 aliphatic heterocycles. The predicted molar refractivity (Wildman–Crippen MR) is 51.0 cm³/mol. The van der Waals surface area contributed by atoms with E-state index in [0.29, 0.717) is 5.56 Å². The molecular formula is C10H11ClO2. The smallest absolute Gasteiger partial charge is 0.134 e. The maximum Gasteiger partial charge on any atom is 0.134 e. The van der Waals surface area contributed by atoms with Crippen molar-refractivity contribution in [2.24, 2.45) is 0 Å². The van der Waals surface area contributed by atoms with Gasteiger partial charge in [0.25, 0.3) is 0 Å². The lowest BCUT2D eigenvalue weighted by Crippen LogP contribution is -2.05. The Morgan fingerprint density at radius 3 is 2.54 bits per heavy atom. The number of aryl methyl sites for hydroxylation is 1. The summed E-state index contributed by atoms with van der Waals surface area (Å²) in [6, 6.07) is 3.42. The highest BCUT2D eigenvalue weighted by atomic mass is 35.5. The minimum atomic E-state index is -0.777. The highest BCUT2D eigenvalue weighted by Crippen LogP contribution is 2.49. The third kappa shape index (κ3) is 1.40. The van der Waals surface area contributed by atoms with Gasteiger partial charge >= 0.3 is 0 Å². The van der Waals surface area contributed by atoms with E-state index < -0.39 is 5.60 Å². The van der Waals surface area contributed by atoms with E-state index >= 15 is 0 Å². The zero-order valence-electron chi connectivity index (χ0n) is 7.34. The molecule has 0 aromatic heterocycles. The molecule has 1 aliphatic carbocycles. The van der Waals surface area contributed by atoms with Gasteiger partial charge in [-0.2, -0.15) is 0 Å². The second kappa shape index (κ2) is 2.63. The van der Waals surface area contributed by atoms with Crippen LogP contribution >= 0.6 is 11.6 Å². The Hall–Kier alpha value is -0.730. The number of hydrogen-bond donors (Lipinski definition) is 2. The Kier molecular flexibility index (Phi) is 1.79. The maximum absolute atomic E-state index is 9.83. The van der Waals surface area contributed by atoms with E-state index in [2.05, 4.69) is 0 Å². The molecule has 0 amide bonds. The summed E-state index contributed by atoms with van der Waals surface area (Å²) in [5, 5.41) is 19.5. The number of hydrogen-bond acceptors (Lipinski definition) is 2. The zero-order chi connectivity index (χ0) is 9.64. The van der Waals surface area contributed by atoms with Crippen LogP contribution in [0, 0.1) is 6.92 Å². The number of aromatic hydroxyl groups is 1. The van der Waals surface area contributed by atoms with Gasteiger partial charge in [0.2, 0.25) is 0 Å². The van der Waals surface area contributed by atoms with Gasteiger partial charge in [-0.1, -0.05) is 17.7 Å². The Morgan fingerprint density at radius 1 is 1.38 bits per heavy atom. The third-order valence-corrected chi connectivity index (χ3v) is 2.82. The van der Waals surface area contributed by atoms with E-state index in [9.17, 15) is 10.2 Å². The largest absolute Gasteiger partial charge is 0.506 e. The number of rotatable bonds is 1. The van der Waals surface area contributed by atoms with Gasteiger partial charge in [-0.3, -0.25) is 0 Å². The molecule has 1 aliphatic rings.